The summed E-state index contributed by atoms with van der Waals surface area (Å²) < 4.78 is 40.6. The number of sulfone groups is 1. The summed E-state index contributed by atoms with van der Waals surface area (Å²) in [5.41, 5.74) is 3.43. The van der Waals surface area contributed by atoms with E-state index in [1.54, 1.807) is 18.3 Å². The van der Waals surface area contributed by atoms with Gasteiger partial charge in [-0.05, 0) is 49.3 Å². The Hall–Kier alpha value is -4.15. The summed E-state index contributed by atoms with van der Waals surface area (Å²) in [4.78, 5) is 64.8. The van der Waals surface area contributed by atoms with Crippen molar-refractivity contribution >= 4 is 35.6 Å². The van der Waals surface area contributed by atoms with Crippen molar-refractivity contribution in [2.45, 2.75) is 37.5 Å². The number of hydrogen-bond donors (Lipinski definition) is 4. The van der Waals surface area contributed by atoms with Crippen LogP contribution in [0.5, 0.6) is 5.75 Å². The van der Waals surface area contributed by atoms with Crippen LogP contribution in [0.25, 0.3) is 0 Å². The molecule has 3 heterocycles. The third-order valence-electron chi connectivity index (χ3n) is 7.85. The van der Waals surface area contributed by atoms with Crippen molar-refractivity contribution in [3.63, 3.8) is 0 Å². The van der Waals surface area contributed by atoms with E-state index in [1.165, 1.54) is 34.6 Å². The highest BCUT2D eigenvalue weighted by Gasteiger charge is 2.45. The number of nitrogens with one attached hydrogen (secondary N) is 1. The van der Waals surface area contributed by atoms with Crippen LogP contribution in [0, 0.1) is 29.6 Å². The standard InChI is InChI=1S/C30H35N4O11PS/c1-30(47(2,42)43,28(37)31-44-27(36)12-11-24-9-5-6-10-26(24)45-46(39,40)41)13-14-33-21-25-17-22(20-34(25)29(33)38)7-3-4-8-23-18-32(19-23)15-16-35/h5-6,9-10,17,20,23,35H,11-16,18-19,21H2,1-2H3,(H,31,37)(H2,39,40,41)/t30-/m1/s1. The molecule has 1 atom stereocenters. The lowest BCUT2D eigenvalue weighted by Crippen LogP contribution is -2.52. The van der Waals surface area contributed by atoms with Crippen molar-refractivity contribution in [1.82, 2.24) is 19.8 Å². The van der Waals surface area contributed by atoms with Gasteiger partial charge < -0.3 is 19.4 Å². The molecule has 1 fully saturated rings. The normalized spacial score (nSPS) is 16.1. The molecular formula is C30H35N4O11PS. The first-order valence-electron chi connectivity index (χ1n) is 14.5. The number of para-hydroxylation sites is 1. The van der Waals surface area contributed by atoms with Crippen LogP contribution in [0.3, 0.4) is 0 Å². The Kier molecular flexibility index (Phi) is 11.2. The summed E-state index contributed by atoms with van der Waals surface area (Å²) in [6.07, 6.45) is 1.75. The first kappa shape index (κ1) is 35.7. The zero-order chi connectivity index (χ0) is 34.4. The van der Waals surface area contributed by atoms with Crippen LogP contribution in [0.2, 0.25) is 0 Å². The zero-order valence-electron chi connectivity index (χ0n) is 25.7. The first-order valence-corrected chi connectivity index (χ1v) is 17.9. The second-order valence-corrected chi connectivity index (χ2v) is 15.0. The average Bonchev–Trinajstić information content (AvgIpc) is 3.51. The summed E-state index contributed by atoms with van der Waals surface area (Å²) in [6.45, 7) is 3.57. The minimum Gasteiger partial charge on any atom is -0.404 e. The van der Waals surface area contributed by atoms with Crippen LogP contribution in [-0.4, -0.2) is 99.4 Å². The number of rotatable bonds is 12. The highest BCUT2D eigenvalue weighted by atomic mass is 32.2. The van der Waals surface area contributed by atoms with Crippen LogP contribution < -0.4 is 10.0 Å². The Balaban J connectivity index is 1.29. The first-order chi connectivity index (χ1) is 22.1. The summed E-state index contributed by atoms with van der Waals surface area (Å²) in [6, 6.07) is 7.19. The molecule has 15 nitrogen and oxygen atoms in total. The molecule has 2 aromatic rings. The van der Waals surface area contributed by atoms with E-state index in [-0.39, 0.29) is 50.6 Å². The van der Waals surface area contributed by atoms with Crippen molar-refractivity contribution in [1.29, 1.82) is 0 Å². The summed E-state index contributed by atoms with van der Waals surface area (Å²) in [5.74, 6) is 9.63. The van der Waals surface area contributed by atoms with Gasteiger partial charge in [0.25, 0.3) is 5.91 Å². The maximum atomic E-state index is 13.0. The van der Waals surface area contributed by atoms with Crippen molar-refractivity contribution in [3.8, 4) is 29.4 Å². The number of carbonyl (C=O) groups is 3. The van der Waals surface area contributed by atoms with Crippen LogP contribution in [0.15, 0.2) is 36.5 Å². The SMILES string of the molecule is C[C@@](CCN1Cc2cc(C#CC#CC3CN(CCO)C3)cn2C1=O)(C(=O)NOC(=O)CCc1ccccc1OP(=O)(O)O)S(C)(=O)=O. The number of β-amino-alcohol motifs (C(OH)–C–C–N with tert-alkyl or cyclic N) is 1. The van der Waals surface area contributed by atoms with Crippen molar-refractivity contribution < 1.29 is 51.6 Å². The molecule has 0 saturated carbocycles. The number of likely N-dealkylation sites (tertiary alicyclic amines) is 1. The number of aryl methyl sites for hydroxylation is 1. The number of phosphoric acid groups is 1. The van der Waals surface area contributed by atoms with E-state index in [0.29, 0.717) is 23.4 Å². The van der Waals surface area contributed by atoms with Crippen LogP contribution in [0.4, 0.5) is 4.79 Å². The van der Waals surface area contributed by atoms with Gasteiger partial charge in [0.05, 0.1) is 19.6 Å². The summed E-state index contributed by atoms with van der Waals surface area (Å²) in [5, 5.41) is 8.94. The summed E-state index contributed by atoms with van der Waals surface area (Å²) >= 11 is 0. The number of phosphoric ester groups is 1. The number of carbonyl (C=O) groups excluding carboxylic acids is 3. The second kappa shape index (κ2) is 14.7. The molecule has 2 aliphatic rings. The predicted molar refractivity (Wildman–Crippen MR) is 167 cm³/mol. The van der Waals surface area contributed by atoms with Gasteiger partial charge in [-0.1, -0.05) is 30.0 Å². The minimum absolute atomic E-state index is 0.0573. The Morgan fingerprint density at radius 2 is 1.89 bits per heavy atom. The fourth-order valence-corrected chi connectivity index (χ4v) is 6.21. The summed E-state index contributed by atoms with van der Waals surface area (Å²) in [7, 11) is -8.91. The molecule has 1 aromatic carbocycles. The number of hydrogen-bond acceptors (Lipinski definition) is 10. The van der Waals surface area contributed by atoms with Gasteiger partial charge in [0.1, 0.15) is 5.75 Å². The van der Waals surface area contributed by atoms with Gasteiger partial charge in [0.15, 0.2) is 14.6 Å². The molecule has 252 valence electrons. The molecule has 1 saturated heterocycles. The van der Waals surface area contributed by atoms with E-state index in [0.717, 1.165) is 19.3 Å². The number of amides is 2. The lowest BCUT2D eigenvalue weighted by atomic mass is 10.0. The molecule has 0 bridgehead atoms. The van der Waals surface area contributed by atoms with E-state index in [9.17, 15) is 27.4 Å². The average molecular weight is 691 g/mol. The zero-order valence-corrected chi connectivity index (χ0v) is 27.4. The second-order valence-electron chi connectivity index (χ2n) is 11.3. The fourth-order valence-electron chi connectivity index (χ4n) is 4.94. The smallest absolute Gasteiger partial charge is 0.404 e. The van der Waals surface area contributed by atoms with E-state index in [1.807, 2.05) is 5.48 Å². The molecule has 1 aromatic heterocycles. The van der Waals surface area contributed by atoms with Gasteiger partial charge in [-0.2, -0.15) is 5.48 Å². The van der Waals surface area contributed by atoms with Gasteiger partial charge in [-0.15, -0.1) is 0 Å². The molecule has 4 rings (SSSR count). The Bertz CT molecular complexity index is 1810. The van der Waals surface area contributed by atoms with Gasteiger partial charge in [-0.3, -0.25) is 24.0 Å². The van der Waals surface area contributed by atoms with Crippen LogP contribution in [0.1, 0.15) is 36.6 Å². The van der Waals surface area contributed by atoms with Crippen LogP contribution >= 0.6 is 7.82 Å². The maximum Gasteiger partial charge on any atom is 0.524 e. The van der Waals surface area contributed by atoms with Crippen molar-refractivity contribution in [2.24, 2.45) is 5.92 Å². The highest BCUT2D eigenvalue weighted by Crippen LogP contribution is 2.39. The topological polar surface area (TPSA) is 205 Å². The van der Waals surface area contributed by atoms with Gasteiger partial charge >= 0.3 is 19.8 Å². The van der Waals surface area contributed by atoms with Crippen molar-refractivity contribution in [3.05, 3.63) is 53.3 Å². The molecule has 17 heteroatoms. The molecule has 0 aliphatic carbocycles. The lowest BCUT2D eigenvalue weighted by molar-refractivity contribution is -0.159. The van der Waals surface area contributed by atoms with E-state index in [4.69, 9.17) is 19.7 Å². The monoisotopic (exact) mass is 690 g/mol. The Morgan fingerprint density at radius 1 is 1.17 bits per heavy atom. The van der Waals surface area contributed by atoms with Crippen molar-refractivity contribution in [2.75, 3.05) is 39.0 Å². The maximum absolute atomic E-state index is 13.0. The third kappa shape index (κ3) is 9.23. The molecule has 0 spiro atoms. The fraction of sp³-hybridized carbons (Fsp3) is 0.433. The number of nitrogens with zero attached hydrogens (tertiary/aromatic N) is 3. The molecule has 47 heavy (non-hydrogen) atoms. The minimum atomic E-state index is -4.84. The number of aromatic nitrogens is 1. The van der Waals surface area contributed by atoms with Gasteiger partial charge in [0.2, 0.25) is 0 Å². The van der Waals surface area contributed by atoms with E-state index < -0.39 is 40.3 Å². The molecule has 4 N–H and O–H groups in total. The predicted octanol–water partition coefficient (Wildman–Crippen LogP) is 0.423. The number of aliphatic hydroxyl groups excluding tert-OH is 1. The molecule has 0 unspecified atom stereocenters. The molecule has 0 radical (unpaired) electrons. The highest BCUT2D eigenvalue weighted by molar-refractivity contribution is 7.92. The van der Waals surface area contributed by atoms with Gasteiger partial charge in [-0.25, -0.2) is 22.6 Å². The van der Waals surface area contributed by atoms with Crippen LogP contribution in [-0.2, 0) is 41.8 Å². The van der Waals surface area contributed by atoms with E-state index in [2.05, 4.69) is 33.1 Å². The Morgan fingerprint density at radius 3 is 2.55 bits per heavy atom. The Labute approximate surface area is 271 Å². The molecule has 2 amide bonds. The largest absolute Gasteiger partial charge is 0.524 e. The van der Waals surface area contributed by atoms with Gasteiger partial charge in [0, 0.05) is 55.8 Å². The molecule has 2 aliphatic heterocycles. The quantitative estimate of drug-likeness (QED) is 0.136. The number of fused-ring (bicyclic) bond motifs is 1. The van der Waals surface area contributed by atoms with E-state index >= 15 is 0 Å². The third-order valence-corrected chi connectivity index (χ3v) is 10.3. The number of benzene rings is 1. The number of aliphatic hydroxyl groups is 1. The lowest BCUT2D eigenvalue weighted by Gasteiger charge is -2.35. The number of hydroxylamine groups is 1. The molecular weight excluding hydrogens is 655 g/mol.